The molecule has 3 fully saturated rings. The molecule has 0 amide bonds. The van der Waals surface area contributed by atoms with Crippen LogP contribution in [0, 0.1) is 0 Å². The molecule has 52 heavy (non-hydrogen) atoms. The number of hydrogen-bond donors (Lipinski definition) is 16. The first-order valence-electron chi connectivity index (χ1n) is 17.8. The Kier molecular flexibility index (Phi) is 28.4. The van der Waals surface area contributed by atoms with Gasteiger partial charge in [0.05, 0.1) is 79.3 Å². The van der Waals surface area contributed by atoms with Crippen molar-refractivity contribution in [3.63, 3.8) is 0 Å². The molecule has 0 aromatic rings. The standard InChI is InChI=1S/C28H64N12O10S.Na/c41-5-13-47-9-1-29-23-35-24(30-2-10-48-14-6-42)38-27(37-23)33-20-17-21(19-22(18-20)51(45)46)34-28-39-25(31-3-11-49-15-7-43)36-26(40-28)32-4-12-50-16-8-44;/h20-44H,1-19H2,(H,45,46);/q;+1/p-1. The number of nitrogens with one attached hydrogen (secondary N) is 12. The molecule has 24 heteroatoms. The van der Waals surface area contributed by atoms with Crippen LogP contribution in [0.15, 0.2) is 0 Å². The molecule has 7 atom stereocenters. The summed E-state index contributed by atoms with van der Waals surface area (Å²) in [5, 5.41) is 76.3. The van der Waals surface area contributed by atoms with Crippen LogP contribution < -0.4 is 93.4 Å². The first kappa shape index (κ1) is 48.5. The zero-order chi connectivity index (χ0) is 36.5. The van der Waals surface area contributed by atoms with E-state index < -0.39 is 28.9 Å². The molecule has 0 spiro atoms. The van der Waals surface area contributed by atoms with E-state index in [1.807, 2.05) is 0 Å². The molecular formula is C28H63N12NaO10S. The fraction of sp³-hybridized carbons (Fsp3) is 1.00. The number of rotatable bonds is 29. The summed E-state index contributed by atoms with van der Waals surface area (Å²) in [6.07, 6.45) is -0.621. The van der Waals surface area contributed by atoms with Gasteiger partial charge in [-0.2, -0.15) is 0 Å². The topological polar surface area (TPSA) is 302 Å². The predicted octanol–water partition coefficient (Wildman–Crippen LogP) is -11.0. The molecule has 3 rings (SSSR count). The van der Waals surface area contributed by atoms with Crippen LogP contribution in [0.4, 0.5) is 0 Å². The van der Waals surface area contributed by atoms with Gasteiger partial charge >= 0.3 is 29.6 Å². The Labute approximate surface area is 331 Å². The van der Waals surface area contributed by atoms with E-state index in [0.717, 1.165) is 0 Å². The SMILES string of the molecule is O=S([O-])C1CC(NC2NC(NCCOCCO)NC(NCCOCCO)N2)CC(NC2NC(NCCOCCO)NC(NCCOCCO)N2)C1.[Na+]. The Morgan fingerprint density at radius 2 is 0.788 bits per heavy atom. The molecule has 0 aromatic heterocycles. The van der Waals surface area contributed by atoms with Gasteiger partial charge in [-0.15, -0.1) is 0 Å². The van der Waals surface area contributed by atoms with Crippen LogP contribution in [0.3, 0.4) is 0 Å². The fourth-order valence-corrected chi connectivity index (χ4v) is 6.67. The van der Waals surface area contributed by atoms with Gasteiger partial charge in [-0.1, -0.05) is 11.1 Å². The zero-order valence-electron chi connectivity index (χ0n) is 30.3. The van der Waals surface area contributed by atoms with E-state index >= 15 is 0 Å². The van der Waals surface area contributed by atoms with Gasteiger partial charge in [-0.25, -0.2) is 0 Å². The third-order valence-corrected chi connectivity index (χ3v) is 8.99. The van der Waals surface area contributed by atoms with Crippen LogP contribution in [-0.4, -0.2) is 190 Å². The molecule has 0 radical (unpaired) electrons. The van der Waals surface area contributed by atoms with Crippen LogP contribution in [-0.2, 0) is 30.0 Å². The Bertz CT molecular complexity index is 805. The summed E-state index contributed by atoms with van der Waals surface area (Å²) in [6, 6.07) is -0.331. The summed E-state index contributed by atoms with van der Waals surface area (Å²) in [7, 11) is 0. The van der Waals surface area contributed by atoms with Gasteiger partial charge in [-0.3, -0.25) is 68.0 Å². The molecule has 22 nitrogen and oxygen atoms in total. The Hall–Kier alpha value is 0.310. The summed E-state index contributed by atoms with van der Waals surface area (Å²) in [4.78, 5) is 0. The third-order valence-electron chi connectivity index (χ3n) is 8.06. The van der Waals surface area contributed by atoms with Crippen molar-refractivity contribution in [3.8, 4) is 0 Å². The van der Waals surface area contributed by atoms with Crippen LogP contribution in [0.1, 0.15) is 19.3 Å². The summed E-state index contributed by atoms with van der Waals surface area (Å²) in [5.41, 5.74) is 0. The largest absolute Gasteiger partial charge is 1.00 e. The average Bonchev–Trinajstić information content (AvgIpc) is 3.11. The third kappa shape index (κ3) is 21.0. The van der Waals surface area contributed by atoms with E-state index in [1.54, 1.807) is 0 Å². The molecule has 16 N–H and O–H groups in total. The maximum atomic E-state index is 12.3. The van der Waals surface area contributed by atoms with E-state index in [1.165, 1.54) is 0 Å². The molecule has 2 heterocycles. The molecule has 2 aliphatic heterocycles. The first-order chi connectivity index (χ1) is 24.9. The second-order valence-corrected chi connectivity index (χ2v) is 13.3. The molecule has 2 saturated heterocycles. The monoisotopic (exact) mass is 782 g/mol. The van der Waals surface area contributed by atoms with Crippen molar-refractivity contribution in [3.05, 3.63) is 0 Å². The summed E-state index contributed by atoms with van der Waals surface area (Å²) < 4.78 is 46.1. The summed E-state index contributed by atoms with van der Waals surface area (Å²) >= 11 is -2.28. The van der Waals surface area contributed by atoms with Gasteiger partial charge in [0.1, 0.15) is 37.7 Å². The summed E-state index contributed by atoms with van der Waals surface area (Å²) in [6.45, 7) is 4.55. The molecule has 1 saturated carbocycles. The van der Waals surface area contributed by atoms with E-state index in [4.69, 9.17) is 39.4 Å². The van der Waals surface area contributed by atoms with Crippen LogP contribution >= 0.6 is 0 Å². The molecule has 1 aliphatic carbocycles. The molecule has 0 bridgehead atoms. The van der Waals surface area contributed by atoms with Crippen LogP contribution in [0.5, 0.6) is 0 Å². The maximum absolute atomic E-state index is 12.3. The van der Waals surface area contributed by atoms with Crippen molar-refractivity contribution in [1.82, 2.24) is 63.8 Å². The minimum atomic E-state index is -2.28. The Balaban J connectivity index is 0.00000936. The second-order valence-electron chi connectivity index (χ2n) is 12.1. The van der Waals surface area contributed by atoms with E-state index in [9.17, 15) is 8.76 Å². The molecule has 302 valence electrons. The number of ether oxygens (including phenoxy) is 4. The van der Waals surface area contributed by atoms with Crippen LogP contribution in [0.25, 0.3) is 0 Å². The minimum Gasteiger partial charge on any atom is -0.772 e. The van der Waals surface area contributed by atoms with E-state index in [2.05, 4.69) is 63.8 Å². The maximum Gasteiger partial charge on any atom is 1.00 e. The van der Waals surface area contributed by atoms with Crippen molar-refractivity contribution in [2.75, 3.05) is 105 Å². The van der Waals surface area contributed by atoms with Crippen molar-refractivity contribution in [2.45, 2.75) is 74.3 Å². The van der Waals surface area contributed by atoms with Gasteiger partial charge in [0, 0.05) is 43.5 Å². The number of hydrogen-bond acceptors (Lipinski definition) is 22. The first-order valence-corrected chi connectivity index (χ1v) is 18.9. The minimum absolute atomic E-state index is 0. The average molecular weight is 783 g/mol. The molecule has 0 aromatic carbocycles. The van der Waals surface area contributed by atoms with Crippen molar-refractivity contribution < 1.29 is 77.7 Å². The van der Waals surface area contributed by atoms with Gasteiger partial charge in [-0.05, 0) is 19.3 Å². The smallest absolute Gasteiger partial charge is 0.772 e. The summed E-state index contributed by atoms with van der Waals surface area (Å²) in [5.74, 6) is 0. The molecule has 3 aliphatic rings. The Morgan fingerprint density at radius 3 is 1.06 bits per heavy atom. The quantitative estimate of drug-likeness (QED) is 0.0190. The van der Waals surface area contributed by atoms with Gasteiger partial charge < -0.3 is 43.9 Å². The van der Waals surface area contributed by atoms with Crippen molar-refractivity contribution >= 4 is 11.1 Å². The normalized spacial score (nSPS) is 30.2. The van der Waals surface area contributed by atoms with E-state index in [-0.39, 0.29) is 120 Å². The zero-order valence-corrected chi connectivity index (χ0v) is 33.1. The second kappa shape index (κ2) is 30.4. The van der Waals surface area contributed by atoms with Crippen LogP contribution in [0.2, 0.25) is 0 Å². The number of aliphatic hydroxyl groups is 4. The predicted molar refractivity (Wildman–Crippen MR) is 186 cm³/mol. The number of aliphatic hydroxyl groups excluding tert-OH is 4. The van der Waals surface area contributed by atoms with Crippen molar-refractivity contribution in [1.29, 1.82) is 0 Å². The van der Waals surface area contributed by atoms with Gasteiger partial charge in [0.2, 0.25) is 0 Å². The fourth-order valence-electron chi connectivity index (χ4n) is 5.89. The van der Waals surface area contributed by atoms with E-state index in [0.29, 0.717) is 71.9 Å². The van der Waals surface area contributed by atoms with Gasteiger partial charge in [0.25, 0.3) is 0 Å². The Morgan fingerprint density at radius 1 is 0.500 bits per heavy atom. The molecule has 7 unspecified atom stereocenters. The molecular weight excluding hydrogens is 719 g/mol. The van der Waals surface area contributed by atoms with Gasteiger partial charge in [0.15, 0.2) is 0 Å². The van der Waals surface area contributed by atoms with Crippen molar-refractivity contribution in [2.24, 2.45) is 0 Å².